The van der Waals surface area contributed by atoms with Crippen LogP contribution < -0.4 is 0 Å². The maximum Gasteiger partial charge on any atom is 0.312 e. The molecular formula is C13H25BO2. The lowest BCUT2D eigenvalue weighted by atomic mass is 9.73. The molecule has 0 aromatic heterocycles. The molecule has 0 aromatic carbocycles. The van der Waals surface area contributed by atoms with E-state index in [9.17, 15) is 4.79 Å². The van der Waals surface area contributed by atoms with Crippen LogP contribution in [0.1, 0.15) is 47.5 Å². The van der Waals surface area contributed by atoms with E-state index in [1.807, 2.05) is 6.92 Å². The maximum absolute atomic E-state index is 12.1. The van der Waals surface area contributed by atoms with Crippen LogP contribution in [-0.2, 0) is 9.53 Å². The van der Waals surface area contributed by atoms with Crippen LogP contribution in [0.15, 0.2) is 0 Å². The average molecular weight is 224 g/mol. The summed E-state index contributed by atoms with van der Waals surface area (Å²) in [6.07, 6.45) is 2.17. The van der Waals surface area contributed by atoms with Crippen LogP contribution in [0.25, 0.3) is 0 Å². The van der Waals surface area contributed by atoms with Crippen molar-refractivity contribution in [1.82, 2.24) is 0 Å². The van der Waals surface area contributed by atoms with E-state index in [-0.39, 0.29) is 11.4 Å². The fourth-order valence-corrected chi connectivity index (χ4v) is 1.82. The van der Waals surface area contributed by atoms with Crippen molar-refractivity contribution in [3.05, 3.63) is 0 Å². The van der Waals surface area contributed by atoms with E-state index in [1.165, 1.54) is 0 Å². The van der Waals surface area contributed by atoms with E-state index in [2.05, 4.69) is 27.7 Å². The standard InChI is InChI=1S/C13H25BO2/c1-10(2)9-13(5,11(3)4)12(15)16-8-6-7-14/h10-11H,6-9H2,1-5H3. The first-order chi connectivity index (χ1) is 7.34. The normalized spacial score (nSPS) is 15.2. The number of carbonyl (C=O) groups is 1. The second kappa shape index (κ2) is 6.98. The molecule has 0 aliphatic carbocycles. The van der Waals surface area contributed by atoms with Gasteiger partial charge in [0.25, 0.3) is 0 Å². The van der Waals surface area contributed by atoms with Crippen molar-refractivity contribution in [2.75, 3.05) is 6.61 Å². The lowest BCUT2D eigenvalue weighted by Gasteiger charge is -2.32. The Balaban J connectivity index is 4.45. The molecule has 0 amide bonds. The van der Waals surface area contributed by atoms with Gasteiger partial charge in [0, 0.05) is 0 Å². The topological polar surface area (TPSA) is 26.3 Å². The summed E-state index contributed by atoms with van der Waals surface area (Å²) in [5.74, 6) is 0.708. The van der Waals surface area contributed by atoms with Crippen molar-refractivity contribution in [1.29, 1.82) is 0 Å². The lowest BCUT2D eigenvalue weighted by Crippen LogP contribution is -2.36. The largest absolute Gasteiger partial charge is 0.465 e. The highest BCUT2D eigenvalue weighted by Crippen LogP contribution is 2.35. The third-order valence-electron chi connectivity index (χ3n) is 3.15. The molecule has 0 fully saturated rings. The van der Waals surface area contributed by atoms with Gasteiger partial charge in [0.05, 0.1) is 19.9 Å². The van der Waals surface area contributed by atoms with Crippen molar-refractivity contribution >= 4 is 13.8 Å². The number of esters is 1. The Morgan fingerprint density at radius 2 is 1.88 bits per heavy atom. The average Bonchev–Trinajstić information content (AvgIpc) is 2.16. The summed E-state index contributed by atoms with van der Waals surface area (Å²) in [5, 5.41) is 0. The first-order valence-corrected chi connectivity index (χ1v) is 6.22. The third-order valence-corrected chi connectivity index (χ3v) is 3.15. The molecule has 0 saturated carbocycles. The number of ether oxygens (including phenoxy) is 1. The summed E-state index contributed by atoms with van der Waals surface area (Å²) in [5.41, 5.74) is -0.372. The van der Waals surface area contributed by atoms with Gasteiger partial charge in [-0.05, 0) is 31.6 Å². The van der Waals surface area contributed by atoms with E-state index < -0.39 is 0 Å². The van der Waals surface area contributed by atoms with Crippen molar-refractivity contribution < 1.29 is 9.53 Å². The number of hydrogen-bond acceptors (Lipinski definition) is 2. The van der Waals surface area contributed by atoms with Crippen molar-refractivity contribution in [2.45, 2.75) is 53.8 Å². The predicted octanol–water partition coefficient (Wildman–Crippen LogP) is 3.21. The van der Waals surface area contributed by atoms with E-state index in [4.69, 9.17) is 12.6 Å². The van der Waals surface area contributed by atoms with E-state index in [0.717, 1.165) is 12.8 Å². The molecule has 2 nitrogen and oxygen atoms in total. The molecule has 0 aliphatic heterocycles. The highest BCUT2D eigenvalue weighted by Gasteiger charge is 2.38. The first kappa shape index (κ1) is 15.5. The molecule has 0 rings (SSSR count). The van der Waals surface area contributed by atoms with Gasteiger partial charge in [-0.25, -0.2) is 0 Å². The molecule has 3 heteroatoms. The minimum absolute atomic E-state index is 0.0790. The summed E-state index contributed by atoms with van der Waals surface area (Å²) in [7, 11) is 5.37. The van der Waals surface area contributed by atoms with Gasteiger partial charge >= 0.3 is 5.97 Å². The smallest absolute Gasteiger partial charge is 0.312 e. The SMILES string of the molecule is [B]CCCOC(=O)C(C)(CC(C)C)C(C)C. The van der Waals surface area contributed by atoms with Gasteiger partial charge in [-0.2, -0.15) is 0 Å². The highest BCUT2D eigenvalue weighted by atomic mass is 16.5. The van der Waals surface area contributed by atoms with Gasteiger partial charge in [-0.3, -0.25) is 4.79 Å². The zero-order valence-electron chi connectivity index (χ0n) is 11.4. The Hall–Kier alpha value is -0.465. The van der Waals surface area contributed by atoms with Crippen LogP contribution >= 0.6 is 0 Å². The number of rotatable bonds is 7. The molecule has 0 aliphatic rings. The van der Waals surface area contributed by atoms with Crippen molar-refractivity contribution in [2.24, 2.45) is 17.3 Å². The van der Waals surface area contributed by atoms with Gasteiger partial charge in [-0.1, -0.05) is 34.0 Å². The van der Waals surface area contributed by atoms with Crippen molar-refractivity contribution in [3.63, 3.8) is 0 Å². The summed E-state index contributed by atoms with van der Waals surface area (Å²) in [6.45, 7) is 10.9. The van der Waals surface area contributed by atoms with E-state index in [1.54, 1.807) is 0 Å². The van der Waals surface area contributed by atoms with Crippen LogP contribution in [0.5, 0.6) is 0 Å². The zero-order chi connectivity index (χ0) is 12.8. The molecule has 0 aromatic rings. The maximum atomic E-state index is 12.1. The van der Waals surface area contributed by atoms with Crippen LogP contribution in [0, 0.1) is 17.3 Å². The predicted molar refractivity (Wildman–Crippen MR) is 68.5 cm³/mol. The minimum Gasteiger partial charge on any atom is -0.465 e. The van der Waals surface area contributed by atoms with Crippen LogP contribution in [-0.4, -0.2) is 20.4 Å². The van der Waals surface area contributed by atoms with E-state index in [0.29, 0.717) is 24.8 Å². The first-order valence-electron chi connectivity index (χ1n) is 6.22. The molecule has 0 N–H and O–H groups in total. The Morgan fingerprint density at radius 1 is 1.31 bits per heavy atom. The van der Waals surface area contributed by atoms with Crippen LogP contribution in [0.3, 0.4) is 0 Å². The lowest BCUT2D eigenvalue weighted by molar-refractivity contribution is -0.159. The van der Waals surface area contributed by atoms with Gasteiger partial charge in [0.2, 0.25) is 0 Å². The number of hydrogen-bond donors (Lipinski definition) is 0. The molecule has 92 valence electrons. The molecule has 16 heavy (non-hydrogen) atoms. The Kier molecular flexibility index (Phi) is 6.77. The number of carbonyl (C=O) groups excluding carboxylic acids is 1. The molecule has 0 bridgehead atoms. The fraction of sp³-hybridized carbons (Fsp3) is 0.923. The van der Waals surface area contributed by atoms with E-state index >= 15 is 0 Å². The second-order valence-corrected chi connectivity index (χ2v) is 5.45. The second-order valence-electron chi connectivity index (χ2n) is 5.45. The summed E-state index contributed by atoms with van der Waals surface area (Å²) in [6, 6.07) is 0. The Bertz CT molecular complexity index is 214. The van der Waals surface area contributed by atoms with Crippen LogP contribution in [0.4, 0.5) is 0 Å². The van der Waals surface area contributed by atoms with Gasteiger partial charge in [0.1, 0.15) is 0 Å². The molecular weight excluding hydrogens is 199 g/mol. The van der Waals surface area contributed by atoms with Gasteiger partial charge < -0.3 is 4.74 Å². The van der Waals surface area contributed by atoms with Gasteiger partial charge in [-0.15, -0.1) is 0 Å². The molecule has 0 heterocycles. The molecule has 0 saturated heterocycles. The van der Waals surface area contributed by atoms with Crippen LogP contribution in [0.2, 0.25) is 6.32 Å². The fourth-order valence-electron chi connectivity index (χ4n) is 1.82. The molecule has 1 unspecified atom stereocenters. The highest BCUT2D eigenvalue weighted by molar-refractivity contribution is 6.08. The molecule has 1 atom stereocenters. The molecule has 2 radical (unpaired) electrons. The third kappa shape index (κ3) is 4.59. The summed E-state index contributed by atoms with van der Waals surface area (Å²) in [4.78, 5) is 12.1. The zero-order valence-corrected chi connectivity index (χ0v) is 11.4. The Labute approximate surface area is 102 Å². The van der Waals surface area contributed by atoms with Gasteiger partial charge in [0.15, 0.2) is 0 Å². The summed E-state index contributed by atoms with van der Waals surface area (Å²) >= 11 is 0. The van der Waals surface area contributed by atoms with Crippen molar-refractivity contribution in [3.8, 4) is 0 Å². The molecule has 0 spiro atoms. The Morgan fingerprint density at radius 3 is 2.25 bits per heavy atom. The minimum atomic E-state index is -0.372. The monoisotopic (exact) mass is 224 g/mol. The summed E-state index contributed by atoms with van der Waals surface area (Å²) < 4.78 is 5.29. The quantitative estimate of drug-likeness (QED) is 0.377.